The van der Waals surface area contributed by atoms with Crippen LogP contribution in [0, 0.1) is 0 Å². The number of aromatic hydroxyl groups is 1. The molecule has 0 radical (unpaired) electrons. The van der Waals surface area contributed by atoms with Gasteiger partial charge in [0.15, 0.2) is 0 Å². The molecule has 1 unspecified atom stereocenters. The number of carbonyl (C=O) groups excluding carboxylic acids is 1. The summed E-state index contributed by atoms with van der Waals surface area (Å²) in [6.07, 6.45) is 0. The lowest BCUT2D eigenvalue weighted by molar-refractivity contribution is -0.129. The summed E-state index contributed by atoms with van der Waals surface area (Å²) in [5.74, 6) is -0.754. The zero-order valence-corrected chi connectivity index (χ0v) is 12.6. The van der Waals surface area contributed by atoms with E-state index in [0.717, 1.165) is 5.39 Å². The Morgan fingerprint density at radius 2 is 1.83 bits per heavy atom. The number of phenolic OH excluding ortho intramolecular Hbond substituents is 1. The van der Waals surface area contributed by atoms with Crippen LogP contribution in [0.1, 0.15) is 11.1 Å². The summed E-state index contributed by atoms with van der Waals surface area (Å²) in [6.45, 7) is 0. The van der Waals surface area contributed by atoms with Crippen LogP contribution in [0.3, 0.4) is 0 Å². The number of phenols is 1. The van der Waals surface area contributed by atoms with Crippen LogP contribution in [0.2, 0.25) is 5.02 Å². The monoisotopic (exact) mass is 325 g/mol. The van der Waals surface area contributed by atoms with Gasteiger partial charge >= 0.3 is 0 Å². The standard InChI is InChI=1S/C18H12ClNO3/c19-11-6-7-14-13(9-11)18(23,17(22)20-14)16-12-4-2-1-3-10(12)5-8-15(16)21/h1-9,21,23H,(H,20,22). The van der Waals surface area contributed by atoms with Gasteiger partial charge in [0.05, 0.1) is 0 Å². The first kappa shape index (κ1) is 14.1. The van der Waals surface area contributed by atoms with E-state index >= 15 is 0 Å². The Bertz CT molecular complexity index is 970. The lowest BCUT2D eigenvalue weighted by Crippen LogP contribution is -2.35. The Morgan fingerprint density at radius 1 is 1.04 bits per heavy atom. The van der Waals surface area contributed by atoms with Crippen LogP contribution in [-0.4, -0.2) is 16.1 Å². The smallest absolute Gasteiger partial charge is 0.266 e. The fourth-order valence-corrected chi connectivity index (χ4v) is 3.32. The Balaban J connectivity index is 2.11. The molecule has 0 fully saturated rings. The van der Waals surface area contributed by atoms with E-state index in [-0.39, 0.29) is 11.3 Å². The molecule has 3 aromatic carbocycles. The van der Waals surface area contributed by atoms with Gasteiger partial charge in [-0.2, -0.15) is 0 Å². The number of anilines is 1. The molecule has 0 aromatic heterocycles. The Kier molecular flexibility index (Phi) is 2.88. The number of fused-ring (bicyclic) bond motifs is 2. The summed E-state index contributed by atoms with van der Waals surface area (Å²) in [4.78, 5) is 12.5. The molecule has 0 aliphatic carbocycles. The molecule has 1 aliphatic heterocycles. The molecule has 4 nitrogen and oxygen atoms in total. The van der Waals surface area contributed by atoms with E-state index in [1.165, 1.54) is 12.1 Å². The summed E-state index contributed by atoms with van der Waals surface area (Å²) in [5.41, 5.74) is -1.02. The van der Waals surface area contributed by atoms with Crippen molar-refractivity contribution in [3.05, 3.63) is 70.7 Å². The summed E-state index contributed by atoms with van der Waals surface area (Å²) >= 11 is 6.03. The fraction of sp³-hybridized carbons (Fsp3) is 0.0556. The molecule has 114 valence electrons. The first-order valence-corrected chi connectivity index (χ1v) is 7.44. The maximum absolute atomic E-state index is 12.5. The van der Waals surface area contributed by atoms with E-state index in [2.05, 4.69) is 5.32 Å². The highest BCUT2D eigenvalue weighted by Crippen LogP contribution is 2.47. The first-order valence-electron chi connectivity index (χ1n) is 7.07. The lowest BCUT2D eigenvalue weighted by Gasteiger charge is -2.24. The third-order valence-corrected chi connectivity index (χ3v) is 4.45. The molecule has 1 aliphatic rings. The molecular weight excluding hydrogens is 314 g/mol. The van der Waals surface area contributed by atoms with Crippen LogP contribution in [0.25, 0.3) is 10.8 Å². The van der Waals surface area contributed by atoms with Crippen molar-refractivity contribution in [3.8, 4) is 5.75 Å². The van der Waals surface area contributed by atoms with E-state index in [9.17, 15) is 15.0 Å². The van der Waals surface area contributed by atoms with Gasteiger partial charge in [-0.25, -0.2) is 0 Å². The molecule has 0 bridgehead atoms. The zero-order chi connectivity index (χ0) is 16.2. The topological polar surface area (TPSA) is 69.6 Å². The largest absolute Gasteiger partial charge is 0.508 e. The fourth-order valence-electron chi connectivity index (χ4n) is 3.15. The normalized spacial score (nSPS) is 19.7. The summed E-state index contributed by atoms with van der Waals surface area (Å²) in [7, 11) is 0. The van der Waals surface area contributed by atoms with E-state index in [1.54, 1.807) is 30.3 Å². The molecule has 0 saturated carbocycles. The number of rotatable bonds is 1. The van der Waals surface area contributed by atoms with E-state index in [1.807, 2.05) is 12.1 Å². The molecule has 4 rings (SSSR count). The minimum absolute atomic E-state index is 0.144. The molecule has 3 aromatic rings. The van der Waals surface area contributed by atoms with Crippen molar-refractivity contribution in [1.29, 1.82) is 0 Å². The van der Waals surface area contributed by atoms with Crippen molar-refractivity contribution in [2.45, 2.75) is 5.60 Å². The van der Waals surface area contributed by atoms with Gasteiger partial charge < -0.3 is 15.5 Å². The molecule has 1 atom stereocenters. The Labute approximate surface area is 136 Å². The molecule has 1 heterocycles. The lowest BCUT2D eigenvalue weighted by atomic mass is 9.84. The van der Waals surface area contributed by atoms with Crippen molar-refractivity contribution in [3.63, 3.8) is 0 Å². The number of hydrogen-bond donors (Lipinski definition) is 3. The second-order valence-corrected chi connectivity index (χ2v) is 5.97. The minimum Gasteiger partial charge on any atom is -0.508 e. The summed E-state index contributed by atoms with van der Waals surface area (Å²) < 4.78 is 0. The highest BCUT2D eigenvalue weighted by Gasteiger charge is 2.49. The first-order chi connectivity index (χ1) is 11.0. The van der Waals surface area contributed by atoms with Crippen LogP contribution >= 0.6 is 11.6 Å². The average Bonchev–Trinajstić information content (AvgIpc) is 2.79. The molecular formula is C18H12ClNO3. The maximum atomic E-state index is 12.5. The number of halogens is 1. The second kappa shape index (κ2) is 4.72. The van der Waals surface area contributed by atoms with Gasteiger partial charge in [0, 0.05) is 21.8 Å². The average molecular weight is 326 g/mol. The number of aliphatic hydroxyl groups is 1. The van der Waals surface area contributed by atoms with Crippen molar-refractivity contribution < 1.29 is 15.0 Å². The van der Waals surface area contributed by atoms with Crippen LogP contribution in [0.15, 0.2) is 54.6 Å². The number of hydrogen-bond acceptors (Lipinski definition) is 3. The van der Waals surface area contributed by atoms with E-state index in [0.29, 0.717) is 21.7 Å². The third kappa shape index (κ3) is 1.86. The number of amides is 1. The van der Waals surface area contributed by atoms with Gasteiger partial charge in [-0.15, -0.1) is 0 Å². The van der Waals surface area contributed by atoms with Crippen molar-refractivity contribution in [1.82, 2.24) is 0 Å². The van der Waals surface area contributed by atoms with Crippen LogP contribution in [0.4, 0.5) is 5.69 Å². The van der Waals surface area contributed by atoms with Crippen LogP contribution < -0.4 is 5.32 Å². The van der Waals surface area contributed by atoms with Gasteiger partial charge in [0.1, 0.15) is 5.75 Å². The van der Waals surface area contributed by atoms with E-state index < -0.39 is 11.5 Å². The van der Waals surface area contributed by atoms with Crippen LogP contribution in [0.5, 0.6) is 5.75 Å². The van der Waals surface area contributed by atoms with Gasteiger partial charge in [0.2, 0.25) is 5.60 Å². The molecule has 5 heteroatoms. The van der Waals surface area contributed by atoms with Crippen LogP contribution in [-0.2, 0) is 10.4 Å². The minimum atomic E-state index is -1.99. The molecule has 0 saturated heterocycles. The molecule has 3 N–H and O–H groups in total. The highest BCUT2D eigenvalue weighted by atomic mass is 35.5. The summed E-state index contributed by atoms with van der Waals surface area (Å²) in [5, 5.41) is 26.1. The molecule has 1 amide bonds. The zero-order valence-electron chi connectivity index (χ0n) is 11.9. The Morgan fingerprint density at radius 3 is 2.65 bits per heavy atom. The Hall–Kier alpha value is -2.56. The number of carbonyl (C=O) groups is 1. The third-order valence-electron chi connectivity index (χ3n) is 4.22. The van der Waals surface area contributed by atoms with Crippen molar-refractivity contribution in [2.24, 2.45) is 0 Å². The van der Waals surface area contributed by atoms with E-state index in [4.69, 9.17) is 11.6 Å². The van der Waals surface area contributed by atoms with Gasteiger partial charge in [-0.05, 0) is 35.0 Å². The molecule has 23 heavy (non-hydrogen) atoms. The van der Waals surface area contributed by atoms with Gasteiger partial charge in [-0.3, -0.25) is 4.79 Å². The number of nitrogens with one attached hydrogen (secondary N) is 1. The highest BCUT2D eigenvalue weighted by molar-refractivity contribution is 6.31. The SMILES string of the molecule is O=C1Nc2ccc(Cl)cc2C1(O)c1c(O)ccc2ccccc12. The predicted octanol–water partition coefficient (Wildman–Crippen LogP) is 3.39. The molecule has 0 spiro atoms. The van der Waals surface area contributed by atoms with Crippen molar-refractivity contribution >= 4 is 34.0 Å². The predicted molar refractivity (Wildman–Crippen MR) is 88.7 cm³/mol. The maximum Gasteiger partial charge on any atom is 0.266 e. The number of benzene rings is 3. The van der Waals surface area contributed by atoms with Gasteiger partial charge in [-0.1, -0.05) is 41.9 Å². The van der Waals surface area contributed by atoms with Gasteiger partial charge in [0.25, 0.3) is 5.91 Å². The second-order valence-electron chi connectivity index (χ2n) is 5.54. The van der Waals surface area contributed by atoms with Crippen molar-refractivity contribution in [2.75, 3.05) is 5.32 Å². The quantitative estimate of drug-likeness (QED) is 0.642. The summed E-state index contributed by atoms with van der Waals surface area (Å²) in [6, 6.07) is 15.3.